The zero-order valence-corrected chi connectivity index (χ0v) is 17.3. The summed E-state index contributed by atoms with van der Waals surface area (Å²) in [6.45, 7) is 1.68. The van der Waals surface area contributed by atoms with E-state index in [0.717, 1.165) is 36.1 Å². The molecule has 31 heavy (non-hydrogen) atoms. The quantitative estimate of drug-likeness (QED) is 0.573. The molecule has 0 aromatic heterocycles. The first kappa shape index (κ1) is 20.8. The van der Waals surface area contributed by atoms with E-state index in [1.807, 2.05) is 30.3 Å². The van der Waals surface area contributed by atoms with E-state index in [-0.39, 0.29) is 35.2 Å². The topological polar surface area (TPSA) is 92.8 Å². The van der Waals surface area contributed by atoms with Crippen LogP contribution in [-0.2, 0) is 16.1 Å². The SMILES string of the molecule is C[C@@H](OC(=O)c1ccc2c(c1)C(=O)N(Cc1ccccc1)C2=O)C(=O)NC1CCCC1. The molecule has 1 saturated carbocycles. The summed E-state index contributed by atoms with van der Waals surface area (Å²) in [7, 11) is 0. The highest BCUT2D eigenvalue weighted by atomic mass is 16.5. The molecule has 7 nitrogen and oxygen atoms in total. The van der Waals surface area contributed by atoms with E-state index in [4.69, 9.17) is 4.74 Å². The van der Waals surface area contributed by atoms with E-state index < -0.39 is 23.9 Å². The molecule has 1 aliphatic heterocycles. The zero-order chi connectivity index (χ0) is 22.0. The van der Waals surface area contributed by atoms with Gasteiger partial charge in [0.1, 0.15) is 0 Å². The Morgan fingerprint density at radius 2 is 1.71 bits per heavy atom. The number of esters is 1. The maximum atomic E-state index is 12.8. The molecule has 7 heteroatoms. The largest absolute Gasteiger partial charge is 0.449 e. The number of rotatable bonds is 6. The molecule has 3 amide bonds. The monoisotopic (exact) mass is 420 g/mol. The van der Waals surface area contributed by atoms with E-state index in [1.165, 1.54) is 25.1 Å². The summed E-state index contributed by atoms with van der Waals surface area (Å²) in [6.07, 6.45) is 3.10. The Morgan fingerprint density at radius 3 is 2.42 bits per heavy atom. The average Bonchev–Trinajstić information content (AvgIpc) is 3.37. The molecule has 1 aliphatic carbocycles. The summed E-state index contributed by atoms with van der Waals surface area (Å²) in [5.74, 6) is -1.89. The molecule has 0 bridgehead atoms. The van der Waals surface area contributed by atoms with Crippen LogP contribution in [0.1, 0.15) is 69.2 Å². The number of benzene rings is 2. The van der Waals surface area contributed by atoms with Crippen molar-refractivity contribution in [2.24, 2.45) is 0 Å². The number of carbonyl (C=O) groups is 4. The molecule has 4 rings (SSSR count). The predicted octanol–water partition coefficient (Wildman–Crippen LogP) is 3.09. The molecule has 160 valence electrons. The number of fused-ring (bicyclic) bond motifs is 1. The number of nitrogens with zero attached hydrogens (tertiary/aromatic N) is 1. The average molecular weight is 420 g/mol. The minimum Gasteiger partial charge on any atom is -0.449 e. The Kier molecular flexibility index (Phi) is 5.84. The number of imide groups is 1. The maximum Gasteiger partial charge on any atom is 0.338 e. The van der Waals surface area contributed by atoms with Crippen LogP contribution in [0, 0.1) is 0 Å². The fourth-order valence-corrected chi connectivity index (χ4v) is 4.00. The first-order chi connectivity index (χ1) is 14.9. The van der Waals surface area contributed by atoms with Crippen LogP contribution in [-0.4, -0.2) is 40.7 Å². The molecule has 1 N–H and O–H groups in total. The summed E-state index contributed by atoms with van der Waals surface area (Å²) in [5.41, 5.74) is 1.38. The molecule has 1 fully saturated rings. The number of hydrogen-bond donors (Lipinski definition) is 1. The van der Waals surface area contributed by atoms with Gasteiger partial charge in [0, 0.05) is 6.04 Å². The van der Waals surface area contributed by atoms with Crippen molar-refractivity contribution in [1.82, 2.24) is 10.2 Å². The lowest BCUT2D eigenvalue weighted by Gasteiger charge is -2.17. The van der Waals surface area contributed by atoms with Crippen molar-refractivity contribution < 1.29 is 23.9 Å². The Balaban J connectivity index is 1.44. The van der Waals surface area contributed by atoms with Crippen LogP contribution < -0.4 is 5.32 Å². The van der Waals surface area contributed by atoms with Crippen LogP contribution in [0.15, 0.2) is 48.5 Å². The molecule has 1 heterocycles. The van der Waals surface area contributed by atoms with Gasteiger partial charge in [0.2, 0.25) is 0 Å². The summed E-state index contributed by atoms with van der Waals surface area (Å²) in [5, 5.41) is 2.90. The molecule has 0 unspecified atom stereocenters. The summed E-state index contributed by atoms with van der Waals surface area (Å²) in [4.78, 5) is 51.4. The fourth-order valence-electron chi connectivity index (χ4n) is 4.00. The minimum absolute atomic E-state index is 0.127. The van der Waals surface area contributed by atoms with Crippen molar-refractivity contribution in [2.75, 3.05) is 0 Å². The van der Waals surface area contributed by atoms with E-state index in [9.17, 15) is 19.2 Å². The molecule has 0 saturated heterocycles. The van der Waals surface area contributed by atoms with Gasteiger partial charge in [-0.1, -0.05) is 43.2 Å². The Bertz CT molecular complexity index is 1030. The maximum absolute atomic E-state index is 12.8. The van der Waals surface area contributed by atoms with Gasteiger partial charge in [0.25, 0.3) is 17.7 Å². The molecule has 2 aromatic carbocycles. The lowest BCUT2D eigenvalue weighted by atomic mass is 10.1. The molecule has 2 aliphatic rings. The zero-order valence-electron chi connectivity index (χ0n) is 17.3. The number of carbonyl (C=O) groups excluding carboxylic acids is 4. The number of nitrogens with one attached hydrogen (secondary N) is 1. The first-order valence-corrected chi connectivity index (χ1v) is 10.5. The van der Waals surface area contributed by atoms with Crippen molar-refractivity contribution in [1.29, 1.82) is 0 Å². The van der Waals surface area contributed by atoms with Gasteiger partial charge in [0.05, 0.1) is 23.2 Å². The second kappa shape index (κ2) is 8.71. The summed E-state index contributed by atoms with van der Waals surface area (Å²) >= 11 is 0. The standard InChI is InChI=1S/C24H24N2O5/c1-15(21(27)25-18-9-5-6-10-18)31-24(30)17-11-12-19-20(13-17)23(29)26(22(19)28)14-16-7-3-2-4-8-16/h2-4,7-8,11-13,15,18H,5-6,9-10,14H2,1H3,(H,25,27)/t15-/m1/s1. The highest BCUT2D eigenvalue weighted by Gasteiger charge is 2.36. The lowest BCUT2D eigenvalue weighted by molar-refractivity contribution is -0.129. The lowest BCUT2D eigenvalue weighted by Crippen LogP contribution is -2.40. The second-order valence-corrected chi connectivity index (χ2v) is 7.98. The van der Waals surface area contributed by atoms with Crippen LogP contribution in [0.25, 0.3) is 0 Å². The Hall–Kier alpha value is -3.48. The van der Waals surface area contributed by atoms with Gasteiger partial charge in [-0.15, -0.1) is 0 Å². The van der Waals surface area contributed by atoms with Gasteiger partial charge in [-0.3, -0.25) is 19.3 Å². The van der Waals surface area contributed by atoms with Crippen LogP contribution in [0.4, 0.5) is 0 Å². The normalized spacial score (nSPS) is 16.9. The first-order valence-electron chi connectivity index (χ1n) is 10.5. The van der Waals surface area contributed by atoms with Crippen molar-refractivity contribution in [3.63, 3.8) is 0 Å². The number of ether oxygens (including phenoxy) is 1. The van der Waals surface area contributed by atoms with Crippen molar-refractivity contribution in [3.8, 4) is 0 Å². The molecular weight excluding hydrogens is 396 g/mol. The van der Waals surface area contributed by atoms with Gasteiger partial charge in [0.15, 0.2) is 6.10 Å². The van der Waals surface area contributed by atoms with Gasteiger partial charge in [-0.25, -0.2) is 4.79 Å². The van der Waals surface area contributed by atoms with Crippen molar-refractivity contribution in [2.45, 2.75) is 51.3 Å². The number of hydrogen-bond acceptors (Lipinski definition) is 5. The molecule has 1 atom stereocenters. The molecule has 0 spiro atoms. The van der Waals surface area contributed by atoms with Crippen molar-refractivity contribution in [3.05, 3.63) is 70.8 Å². The highest BCUT2D eigenvalue weighted by Crippen LogP contribution is 2.26. The third-order valence-electron chi connectivity index (χ3n) is 5.74. The van der Waals surface area contributed by atoms with Gasteiger partial charge >= 0.3 is 5.97 Å². The Labute approximate surface area is 180 Å². The summed E-state index contributed by atoms with van der Waals surface area (Å²) in [6, 6.07) is 13.6. The minimum atomic E-state index is -0.951. The van der Waals surface area contributed by atoms with Crippen LogP contribution in [0.2, 0.25) is 0 Å². The smallest absolute Gasteiger partial charge is 0.338 e. The third-order valence-corrected chi connectivity index (χ3v) is 5.74. The van der Waals surface area contributed by atoms with E-state index in [2.05, 4.69) is 5.32 Å². The van der Waals surface area contributed by atoms with Gasteiger partial charge in [-0.2, -0.15) is 0 Å². The molecular formula is C24H24N2O5. The third kappa shape index (κ3) is 4.35. The summed E-state index contributed by atoms with van der Waals surface area (Å²) < 4.78 is 5.29. The van der Waals surface area contributed by atoms with E-state index in [1.54, 1.807) is 0 Å². The van der Waals surface area contributed by atoms with Crippen molar-refractivity contribution >= 4 is 23.7 Å². The van der Waals surface area contributed by atoms with E-state index in [0.29, 0.717) is 0 Å². The van der Waals surface area contributed by atoms with Gasteiger partial charge in [-0.05, 0) is 43.5 Å². The fraction of sp³-hybridized carbons (Fsp3) is 0.333. The second-order valence-electron chi connectivity index (χ2n) is 7.98. The number of amides is 3. The van der Waals surface area contributed by atoms with Crippen LogP contribution in [0.5, 0.6) is 0 Å². The van der Waals surface area contributed by atoms with E-state index >= 15 is 0 Å². The van der Waals surface area contributed by atoms with Crippen LogP contribution >= 0.6 is 0 Å². The predicted molar refractivity (Wildman–Crippen MR) is 112 cm³/mol. The Morgan fingerprint density at radius 1 is 1.03 bits per heavy atom. The molecule has 2 aromatic rings. The van der Waals surface area contributed by atoms with Crippen LogP contribution in [0.3, 0.4) is 0 Å². The molecule has 0 radical (unpaired) electrons. The highest BCUT2D eigenvalue weighted by molar-refractivity contribution is 6.21. The van der Waals surface area contributed by atoms with Gasteiger partial charge < -0.3 is 10.1 Å².